The first kappa shape index (κ1) is 15.3. The summed E-state index contributed by atoms with van der Waals surface area (Å²) in [5.74, 6) is 0.404. The number of nitrogens with two attached hydrogens (primary N) is 1. The highest BCUT2D eigenvalue weighted by molar-refractivity contribution is 5.80. The topological polar surface area (TPSA) is 93.4 Å². The lowest BCUT2D eigenvalue weighted by Crippen LogP contribution is -2.37. The van der Waals surface area contributed by atoms with Gasteiger partial charge in [0.15, 0.2) is 0 Å². The normalized spacial score (nSPS) is 10.3. The summed E-state index contributed by atoms with van der Waals surface area (Å²) in [5.41, 5.74) is 7.16. The van der Waals surface area contributed by atoms with Crippen molar-refractivity contribution in [3.8, 4) is 0 Å². The maximum Gasteiger partial charge on any atom is 0.239 e. The van der Waals surface area contributed by atoms with Gasteiger partial charge in [0.05, 0.1) is 18.8 Å². The fourth-order valence-electron chi connectivity index (χ4n) is 1.53. The van der Waals surface area contributed by atoms with E-state index in [1.807, 2.05) is 13.0 Å². The van der Waals surface area contributed by atoms with E-state index in [-0.39, 0.29) is 12.5 Å². The van der Waals surface area contributed by atoms with Gasteiger partial charge in [-0.3, -0.25) is 4.79 Å². The van der Waals surface area contributed by atoms with E-state index in [2.05, 4.69) is 15.3 Å². The van der Waals surface area contributed by atoms with Crippen LogP contribution in [0.3, 0.4) is 0 Å². The highest BCUT2D eigenvalue weighted by atomic mass is 16.5. The number of nitrogens with one attached hydrogen (secondary N) is 1. The van der Waals surface area contributed by atoms with E-state index < -0.39 is 0 Å². The van der Waals surface area contributed by atoms with Gasteiger partial charge in [0, 0.05) is 32.9 Å². The maximum atomic E-state index is 11.7. The molecule has 0 aliphatic heterocycles. The second kappa shape index (κ2) is 7.65. The molecule has 0 aromatic carbocycles. The fraction of sp³-hybridized carbons (Fsp3) is 0.583. The largest absolute Gasteiger partial charge is 0.383 e. The Labute approximate surface area is 113 Å². The van der Waals surface area contributed by atoms with Crippen LogP contribution < -0.4 is 16.0 Å². The molecule has 0 bridgehead atoms. The molecule has 19 heavy (non-hydrogen) atoms. The van der Waals surface area contributed by atoms with E-state index in [0.29, 0.717) is 25.6 Å². The van der Waals surface area contributed by atoms with Gasteiger partial charge in [-0.05, 0) is 13.0 Å². The van der Waals surface area contributed by atoms with Crippen molar-refractivity contribution in [2.24, 2.45) is 5.73 Å². The Morgan fingerprint density at radius 2 is 2.26 bits per heavy atom. The third-order valence-electron chi connectivity index (χ3n) is 2.46. The summed E-state index contributed by atoms with van der Waals surface area (Å²) in [7, 11) is 3.36. The SMILES string of the molecule is COCCNC(=O)CN(C)c1nc(C)cc(CN)n1. The van der Waals surface area contributed by atoms with Gasteiger partial charge in [-0.2, -0.15) is 0 Å². The first-order valence-electron chi connectivity index (χ1n) is 6.08. The molecule has 1 rings (SSSR count). The number of rotatable bonds is 7. The lowest BCUT2D eigenvalue weighted by Gasteiger charge is -2.17. The minimum atomic E-state index is -0.0982. The summed E-state index contributed by atoms with van der Waals surface area (Å²) < 4.78 is 4.86. The van der Waals surface area contributed by atoms with E-state index in [1.54, 1.807) is 19.1 Å². The monoisotopic (exact) mass is 267 g/mol. The zero-order valence-electron chi connectivity index (χ0n) is 11.6. The molecule has 1 aromatic rings. The van der Waals surface area contributed by atoms with Crippen LogP contribution in [-0.2, 0) is 16.1 Å². The summed E-state index contributed by atoms with van der Waals surface area (Å²) in [4.78, 5) is 21.9. The van der Waals surface area contributed by atoms with Gasteiger partial charge in [0.1, 0.15) is 0 Å². The van der Waals surface area contributed by atoms with Gasteiger partial charge >= 0.3 is 0 Å². The van der Waals surface area contributed by atoms with E-state index in [1.165, 1.54) is 0 Å². The number of ether oxygens (including phenoxy) is 1. The smallest absolute Gasteiger partial charge is 0.239 e. The zero-order chi connectivity index (χ0) is 14.3. The van der Waals surface area contributed by atoms with Gasteiger partial charge < -0.3 is 20.7 Å². The third kappa shape index (κ3) is 5.19. The summed E-state index contributed by atoms with van der Waals surface area (Å²) in [5, 5.41) is 2.74. The Morgan fingerprint density at radius 1 is 1.53 bits per heavy atom. The quantitative estimate of drug-likeness (QED) is 0.643. The van der Waals surface area contributed by atoms with Crippen LogP contribution in [0, 0.1) is 6.92 Å². The van der Waals surface area contributed by atoms with Crippen molar-refractivity contribution in [1.82, 2.24) is 15.3 Å². The standard InChI is InChI=1S/C12H21N5O2/c1-9-6-10(7-13)16-12(15-9)17(2)8-11(18)14-4-5-19-3/h6H,4-5,7-8,13H2,1-3H3,(H,14,18). The Hall–Kier alpha value is -1.73. The number of aromatic nitrogens is 2. The molecule has 0 radical (unpaired) electrons. The van der Waals surface area contributed by atoms with Crippen LogP contribution in [0.2, 0.25) is 0 Å². The molecule has 0 fully saturated rings. The molecule has 1 heterocycles. The summed E-state index contributed by atoms with van der Waals surface area (Å²) in [6.07, 6.45) is 0. The number of methoxy groups -OCH3 is 1. The van der Waals surface area contributed by atoms with Crippen molar-refractivity contribution >= 4 is 11.9 Å². The molecule has 0 saturated carbocycles. The molecule has 0 aliphatic carbocycles. The molecule has 0 unspecified atom stereocenters. The van der Waals surface area contributed by atoms with Crippen LogP contribution in [-0.4, -0.2) is 49.7 Å². The van der Waals surface area contributed by atoms with E-state index in [4.69, 9.17) is 10.5 Å². The molecular formula is C12H21N5O2. The van der Waals surface area contributed by atoms with Crippen LogP contribution in [0.4, 0.5) is 5.95 Å². The van der Waals surface area contributed by atoms with E-state index >= 15 is 0 Å². The minimum Gasteiger partial charge on any atom is -0.383 e. The van der Waals surface area contributed by atoms with Crippen LogP contribution in [0.1, 0.15) is 11.4 Å². The average molecular weight is 267 g/mol. The maximum absolute atomic E-state index is 11.7. The number of anilines is 1. The van der Waals surface area contributed by atoms with Crippen LogP contribution in [0.5, 0.6) is 0 Å². The predicted octanol–water partition coefficient (Wildman–Crippen LogP) is -0.557. The first-order valence-corrected chi connectivity index (χ1v) is 6.08. The number of aryl methyl sites for hydroxylation is 1. The highest BCUT2D eigenvalue weighted by Gasteiger charge is 2.10. The molecule has 0 spiro atoms. The molecule has 0 atom stereocenters. The lowest BCUT2D eigenvalue weighted by molar-refractivity contribution is -0.119. The van der Waals surface area contributed by atoms with Gasteiger partial charge in [0.2, 0.25) is 11.9 Å². The number of amides is 1. The molecule has 0 aliphatic rings. The molecule has 7 heteroatoms. The van der Waals surface area contributed by atoms with Gasteiger partial charge in [-0.1, -0.05) is 0 Å². The van der Waals surface area contributed by atoms with Crippen molar-refractivity contribution in [2.45, 2.75) is 13.5 Å². The van der Waals surface area contributed by atoms with Crippen LogP contribution in [0.25, 0.3) is 0 Å². The predicted molar refractivity (Wildman–Crippen MR) is 72.8 cm³/mol. The summed E-state index contributed by atoms with van der Waals surface area (Å²) in [6, 6.07) is 1.83. The van der Waals surface area contributed by atoms with Crippen LogP contribution >= 0.6 is 0 Å². The van der Waals surface area contributed by atoms with Gasteiger partial charge in [-0.15, -0.1) is 0 Å². The van der Waals surface area contributed by atoms with Gasteiger partial charge in [-0.25, -0.2) is 9.97 Å². The Kier molecular flexibility index (Phi) is 6.17. The van der Waals surface area contributed by atoms with E-state index in [9.17, 15) is 4.79 Å². The number of hydrogen-bond donors (Lipinski definition) is 2. The van der Waals surface area contributed by atoms with Gasteiger partial charge in [0.25, 0.3) is 0 Å². The zero-order valence-corrected chi connectivity index (χ0v) is 11.6. The first-order chi connectivity index (χ1) is 9.06. The number of carbonyl (C=O) groups is 1. The highest BCUT2D eigenvalue weighted by Crippen LogP contribution is 2.08. The number of likely N-dealkylation sites (N-methyl/N-ethyl adjacent to an activating group) is 1. The molecule has 0 saturated heterocycles. The van der Waals surface area contributed by atoms with Crippen molar-refractivity contribution < 1.29 is 9.53 Å². The fourth-order valence-corrected chi connectivity index (χ4v) is 1.53. The number of hydrogen-bond acceptors (Lipinski definition) is 6. The molecule has 106 valence electrons. The molecular weight excluding hydrogens is 246 g/mol. The Bertz CT molecular complexity index is 425. The molecule has 7 nitrogen and oxygen atoms in total. The van der Waals surface area contributed by atoms with Crippen molar-refractivity contribution in [2.75, 3.05) is 38.8 Å². The van der Waals surface area contributed by atoms with E-state index in [0.717, 1.165) is 11.4 Å². The Balaban J connectivity index is 2.59. The summed E-state index contributed by atoms with van der Waals surface area (Å²) in [6.45, 7) is 3.40. The van der Waals surface area contributed by atoms with Crippen molar-refractivity contribution in [3.63, 3.8) is 0 Å². The molecule has 1 amide bonds. The summed E-state index contributed by atoms with van der Waals surface area (Å²) >= 11 is 0. The third-order valence-corrected chi connectivity index (χ3v) is 2.46. The van der Waals surface area contributed by atoms with Crippen molar-refractivity contribution in [1.29, 1.82) is 0 Å². The number of nitrogens with zero attached hydrogens (tertiary/aromatic N) is 3. The van der Waals surface area contributed by atoms with Crippen molar-refractivity contribution in [3.05, 3.63) is 17.5 Å². The second-order valence-corrected chi connectivity index (χ2v) is 4.20. The minimum absolute atomic E-state index is 0.0982. The van der Waals surface area contributed by atoms with Crippen LogP contribution in [0.15, 0.2) is 6.07 Å². The average Bonchev–Trinajstić information content (AvgIpc) is 2.38. The molecule has 1 aromatic heterocycles. The number of carbonyl (C=O) groups excluding carboxylic acids is 1. The second-order valence-electron chi connectivity index (χ2n) is 4.20. The lowest BCUT2D eigenvalue weighted by atomic mass is 10.3. The Morgan fingerprint density at radius 3 is 2.89 bits per heavy atom. The molecule has 3 N–H and O–H groups in total.